The third kappa shape index (κ3) is 2.46. The first-order valence-corrected chi connectivity index (χ1v) is 13.6. The van der Waals surface area contributed by atoms with Gasteiger partial charge in [-0.3, -0.25) is 0 Å². The normalized spacial score (nSPS) is 54.6. The van der Waals surface area contributed by atoms with Crippen LogP contribution in [0.25, 0.3) is 0 Å². The van der Waals surface area contributed by atoms with Gasteiger partial charge in [-0.1, -0.05) is 73.5 Å². The number of rotatable bonds is 1. The molecule has 4 fully saturated rings. The zero-order valence-corrected chi connectivity index (χ0v) is 21.5. The first-order chi connectivity index (χ1) is 13.9. The minimum absolute atomic E-state index is 0.446. The van der Waals surface area contributed by atoms with Crippen molar-refractivity contribution in [2.45, 2.75) is 120 Å². The second-order valence-corrected chi connectivity index (χ2v) is 14.6. The quantitative estimate of drug-likeness (QED) is 0.378. The topological polar surface area (TPSA) is 0 Å². The van der Waals surface area contributed by atoms with Crippen molar-refractivity contribution in [2.75, 3.05) is 0 Å². The second kappa shape index (κ2) is 6.41. The standard InChI is InChI=1S/C30H50/c1-20(2)21-10-13-25-28(21,6)18-19-29(7)23-11-12-24-26(3,4)15-9-16-27(24,5)22(23)14-17-30(25,29)8/h11,20-22,24-25H,9-10,12-19H2,1-8H3/t21-,22+,24-,25+,27-,28-,29-,30+/m1/s1. The number of allylic oxidation sites excluding steroid dienone is 2. The van der Waals surface area contributed by atoms with Crippen molar-refractivity contribution in [3.63, 3.8) is 0 Å². The molecule has 5 aliphatic rings. The Bertz CT molecular complexity index is 741. The Morgan fingerprint density at radius 1 is 0.767 bits per heavy atom. The molecular formula is C30H50. The van der Waals surface area contributed by atoms with E-state index in [2.05, 4.69) is 61.5 Å². The van der Waals surface area contributed by atoms with Gasteiger partial charge in [0, 0.05) is 0 Å². The monoisotopic (exact) mass is 410 g/mol. The van der Waals surface area contributed by atoms with Crippen molar-refractivity contribution in [3.05, 3.63) is 11.6 Å². The van der Waals surface area contributed by atoms with Gasteiger partial charge in [-0.15, -0.1) is 0 Å². The molecule has 0 nitrogen and oxygen atoms in total. The van der Waals surface area contributed by atoms with E-state index < -0.39 is 0 Å². The molecule has 170 valence electrons. The van der Waals surface area contributed by atoms with Crippen molar-refractivity contribution in [2.24, 2.45) is 56.7 Å². The molecule has 30 heavy (non-hydrogen) atoms. The Morgan fingerprint density at radius 2 is 1.50 bits per heavy atom. The van der Waals surface area contributed by atoms with Crippen LogP contribution in [0, 0.1) is 56.7 Å². The molecule has 0 N–H and O–H groups in total. The first kappa shape index (κ1) is 21.6. The Hall–Kier alpha value is -0.260. The summed E-state index contributed by atoms with van der Waals surface area (Å²) in [5, 5.41) is 0. The van der Waals surface area contributed by atoms with Crippen molar-refractivity contribution >= 4 is 0 Å². The molecule has 5 rings (SSSR count). The van der Waals surface area contributed by atoms with Gasteiger partial charge in [-0.25, -0.2) is 0 Å². The van der Waals surface area contributed by atoms with E-state index >= 15 is 0 Å². The minimum atomic E-state index is 0.446. The third-order valence-corrected chi connectivity index (χ3v) is 13.0. The summed E-state index contributed by atoms with van der Waals surface area (Å²) in [5.41, 5.74) is 4.57. The Balaban J connectivity index is 1.55. The van der Waals surface area contributed by atoms with Crippen molar-refractivity contribution in [1.29, 1.82) is 0 Å². The van der Waals surface area contributed by atoms with Gasteiger partial charge < -0.3 is 0 Å². The molecular weight excluding hydrogens is 360 g/mol. The molecule has 0 aliphatic heterocycles. The van der Waals surface area contributed by atoms with E-state index in [-0.39, 0.29) is 0 Å². The van der Waals surface area contributed by atoms with Gasteiger partial charge in [0.05, 0.1) is 0 Å². The highest BCUT2D eigenvalue weighted by molar-refractivity contribution is 5.33. The molecule has 0 amide bonds. The molecule has 0 bridgehead atoms. The summed E-state index contributed by atoms with van der Waals surface area (Å²) in [6.45, 7) is 21.1. The summed E-state index contributed by atoms with van der Waals surface area (Å²) >= 11 is 0. The average molecular weight is 411 g/mol. The largest absolute Gasteiger partial charge is 0.0841 e. The highest BCUT2D eigenvalue weighted by Gasteiger charge is 2.67. The summed E-state index contributed by atoms with van der Waals surface area (Å²) in [6, 6.07) is 0. The number of hydrogen-bond acceptors (Lipinski definition) is 0. The number of hydrogen-bond donors (Lipinski definition) is 0. The Morgan fingerprint density at radius 3 is 2.20 bits per heavy atom. The lowest BCUT2D eigenvalue weighted by Crippen LogP contribution is -2.60. The minimum Gasteiger partial charge on any atom is -0.0841 e. The lowest BCUT2D eigenvalue weighted by atomic mass is 9.36. The van der Waals surface area contributed by atoms with Crippen molar-refractivity contribution in [3.8, 4) is 0 Å². The first-order valence-electron chi connectivity index (χ1n) is 13.6. The molecule has 5 aliphatic carbocycles. The van der Waals surface area contributed by atoms with Crippen LogP contribution in [0.5, 0.6) is 0 Å². The van der Waals surface area contributed by atoms with Crippen LogP contribution in [0.4, 0.5) is 0 Å². The van der Waals surface area contributed by atoms with Crippen LogP contribution >= 0.6 is 0 Å². The summed E-state index contributed by atoms with van der Waals surface area (Å²) in [4.78, 5) is 0. The van der Waals surface area contributed by atoms with Gasteiger partial charge in [-0.05, 0) is 114 Å². The molecule has 0 radical (unpaired) electrons. The van der Waals surface area contributed by atoms with Gasteiger partial charge in [-0.2, -0.15) is 0 Å². The third-order valence-electron chi connectivity index (χ3n) is 13.0. The van der Waals surface area contributed by atoms with E-state index in [9.17, 15) is 0 Å². The predicted molar refractivity (Wildman–Crippen MR) is 129 cm³/mol. The fraction of sp³-hybridized carbons (Fsp3) is 0.933. The van der Waals surface area contributed by atoms with Crippen LogP contribution in [0.1, 0.15) is 120 Å². The highest BCUT2D eigenvalue weighted by atomic mass is 14.7. The maximum atomic E-state index is 2.83. The van der Waals surface area contributed by atoms with E-state index in [1.165, 1.54) is 64.2 Å². The van der Waals surface area contributed by atoms with Gasteiger partial charge in [0.1, 0.15) is 0 Å². The molecule has 0 heteroatoms. The van der Waals surface area contributed by atoms with Crippen molar-refractivity contribution < 1.29 is 0 Å². The second-order valence-electron chi connectivity index (χ2n) is 14.6. The van der Waals surface area contributed by atoms with Gasteiger partial charge in [0.25, 0.3) is 0 Å². The fourth-order valence-corrected chi connectivity index (χ4v) is 11.3. The fourth-order valence-electron chi connectivity index (χ4n) is 11.3. The van der Waals surface area contributed by atoms with E-state index in [1.54, 1.807) is 0 Å². The molecule has 0 spiro atoms. The maximum Gasteiger partial charge on any atom is -0.00566 e. The van der Waals surface area contributed by atoms with Crippen LogP contribution < -0.4 is 0 Å². The van der Waals surface area contributed by atoms with E-state index in [1.807, 2.05) is 5.57 Å². The molecule has 8 atom stereocenters. The SMILES string of the molecule is CC(C)[C@H]1CC[C@H]2[C@]1(C)CC[C@]1(C)C3=CC[C@@H]4C(C)(C)CCC[C@]4(C)[C@H]3CC[C@@]21C. The predicted octanol–water partition coefficient (Wildman–Crippen LogP) is 9.05. The van der Waals surface area contributed by atoms with Crippen molar-refractivity contribution in [1.82, 2.24) is 0 Å². The summed E-state index contributed by atoms with van der Waals surface area (Å²) in [6.07, 6.45) is 17.4. The summed E-state index contributed by atoms with van der Waals surface area (Å²) in [7, 11) is 0. The summed E-state index contributed by atoms with van der Waals surface area (Å²) < 4.78 is 0. The average Bonchev–Trinajstić information content (AvgIpc) is 3.01. The molecule has 4 saturated carbocycles. The van der Waals surface area contributed by atoms with Gasteiger partial charge >= 0.3 is 0 Å². The van der Waals surface area contributed by atoms with Crippen LogP contribution in [0.15, 0.2) is 11.6 Å². The smallest absolute Gasteiger partial charge is 0.00566 e. The molecule has 0 heterocycles. The molecule has 0 aromatic heterocycles. The zero-order valence-electron chi connectivity index (χ0n) is 21.5. The lowest BCUT2D eigenvalue weighted by Gasteiger charge is -2.69. The van der Waals surface area contributed by atoms with Crippen LogP contribution in [-0.2, 0) is 0 Å². The van der Waals surface area contributed by atoms with E-state index in [4.69, 9.17) is 0 Å². The Kier molecular flexibility index (Phi) is 4.61. The maximum absolute atomic E-state index is 2.83. The molecule has 0 saturated heterocycles. The number of fused-ring (bicyclic) bond motifs is 7. The van der Waals surface area contributed by atoms with Crippen LogP contribution in [0.2, 0.25) is 0 Å². The summed E-state index contributed by atoms with van der Waals surface area (Å²) in [5.74, 6) is 4.49. The molecule has 0 unspecified atom stereocenters. The highest BCUT2D eigenvalue weighted by Crippen LogP contribution is 2.76. The molecule has 0 aromatic carbocycles. The van der Waals surface area contributed by atoms with Gasteiger partial charge in [0.2, 0.25) is 0 Å². The zero-order chi connectivity index (χ0) is 21.7. The van der Waals surface area contributed by atoms with Crippen LogP contribution in [-0.4, -0.2) is 0 Å². The van der Waals surface area contributed by atoms with E-state index in [0.717, 1.165) is 29.6 Å². The van der Waals surface area contributed by atoms with Crippen LogP contribution in [0.3, 0.4) is 0 Å². The lowest BCUT2D eigenvalue weighted by molar-refractivity contribution is -0.144. The Labute approximate surface area is 188 Å². The molecule has 0 aromatic rings. The van der Waals surface area contributed by atoms with Gasteiger partial charge in [0.15, 0.2) is 0 Å². The van der Waals surface area contributed by atoms with E-state index in [0.29, 0.717) is 27.1 Å².